The van der Waals surface area contributed by atoms with Crippen LogP contribution >= 0.6 is 22.9 Å². The average Bonchev–Trinajstić information content (AvgIpc) is 3.16. The number of nitrogens with zero attached hydrogens (tertiary/aromatic N) is 2. The van der Waals surface area contributed by atoms with E-state index in [2.05, 4.69) is 15.5 Å². The molecule has 1 N–H and O–H groups in total. The molecule has 1 amide bonds. The van der Waals surface area contributed by atoms with Crippen LogP contribution in [0.25, 0.3) is 11.3 Å². The van der Waals surface area contributed by atoms with E-state index < -0.39 is 17.1 Å². The zero-order chi connectivity index (χ0) is 17.3. The number of furan rings is 1. The first-order chi connectivity index (χ1) is 11.3. The van der Waals surface area contributed by atoms with Crippen molar-refractivity contribution in [3.8, 4) is 11.3 Å². The number of hydrogen-bond donors (Lipinski definition) is 1. The van der Waals surface area contributed by atoms with Crippen molar-refractivity contribution < 1.29 is 22.4 Å². The highest BCUT2D eigenvalue weighted by Crippen LogP contribution is 2.33. The molecule has 2 heterocycles. The topological polar surface area (TPSA) is 68.0 Å². The summed E-state index contributed by atoms with van der Waals surface area (Å²) in [7, 11) is 0. The predicted molar refractivity (Wildman–Crippen MR) is 82.0 cm³/mol. The molecule has 10 heteroatoms. The van der Waals surface area contributed by atoms with E-state index in [9.17, 15) is 18.0 Å². The van der Waals surface area contributed by atoms with Crippen LogP contribution in [-0.4, -0.2) is 16.1 Å². The van der Waals surface area contributed by atoms with E-state index in [-0.39, 0.29) is 22.2 Å². The van der Waals surface area contributed by atoms with Gasteiger partial charge in [0.15, 0.2) is 5.76 Å². The first-order valence-corrected chi connectivity index (χ1v) is 7.61. The SMILES string of the molecule is O=C(Nc1nnc(C(F)(F)F)s1)c1ccc(-c2ccccc2Cl)o1. The van der Waals surface area contributed by atoms with Gasteiger partial charge < -0.3 is 4.42 Å². The smallest absolute Gasteiger partial charge is 0.445 e. The van der Waals surface area contributed by atoms with Crippen LogP contribution in [0, 0.1) is 0 Å². The van der Waals surface area contributed by atoms with Gasteiger partial charge in [-0.3, -0.25) is 10.1 Å². The number of rotatable bonds is 3. The number of nitrogens with one attached hydrogen (secondary N) is 1. The molecule has 0 unspecified atom stereocenters. The lowest BCUT2D eigenvalue weighted by Gasteiger charge is -2.00. The van der Waals surface area contributed by atoms with E-state index in [1.165, 1.54) is 12.1 Å². The Labute approximate surface area is 142 Å². The summed E-state index contributed by atoms with van der Waals surface area (Å²) in [4.78, 5) is 12.0. The molecule has 0 aliphatic heterocycles. The molecule has 0 saturated carbocycles. The molecular weight excluding hydrogens is 367 g/mol. The highest BCUT2D eigenvalue weighted by atomic mass is 35.5. The summed E-state index contributed by atoms with van der Waals surface area (Å²) in [6.07, 6.45) is -4.61. The number of hydrogen-bond acceptors (Lipinski definition) is 5. The summed E-state index contributed by atoms with van der Waals surface area (Å²) in [5, 5.41) is 7.49. The molecule has 0 bridgehead atoms. The van der Waals surface area contributed by atoms with E-state index in [0.717, 1.165) is 0 Å². The van der Waals surface area contributed by atoms with Gasteiger partial charge in [-0.2, -0.15) is 13.2 Å². The van der Waals surface area contributed by atoms with Gasteiger partial charge in [-0.15, -0.1) is 10.2 Å². The Bertz CT molecular complexity index is 891. The third-order valence-electron chi connectivity index (χ3n) is 2.86. The molecule has 1 aromatic carbocycles. The standard InChI is InChI=1S/C14H7ClF3N3O2S/c15-8-4-2-1-3-7(8)9-5-6-10(23-9)11(22)19-13-21-20-12(24-13)14(16,17)18/h1-6H,(H,19,21,22). The molecule has 0 fully saturated rings. The fourth-order valence-electron chi connectivity index (χ4n) is 1.81. The molecule has 24 heavy (non-hydrogen) atoms. The molecule has 0 radical (unpaired) electrons. The number of amides is 1. The lowest BCUT2D eigenvalue weighted by Crippen LogP contribution is -2.10. The molecule has 2 aromatic heterocycles. The predicted octanol–water partition coefficient (Wildman–Crippen LogP) is 4.72. The van der Waals surface area contributed by atoms with Crippen molar-refractivity contribution in [3.05, 3.63) is 52.2 Å². The minimum absolute atomic E-state index is 0.0892. The highest BCUT2D eigenvalue weighted by molar-refractivity contribution is 7.15. The second-order valence-electron chi connectivity index (χ2n) is 4.51. The van der Waals surface area contributed by atoms with Gasteiger partial charge >= 0.3 is 6.18 Å². The lowest BCUT2D eigenvalue weighted by atomic mass is 10.2. The van der Waals surface area contributed by atoms with Gasteiger partial charge in [-0.25, -0.2) is 0 Å². The Kier molecular flexibility index (Phi) is 4.29. The van der Waals surface area contributed by atoms with Crippen molar-refractivity contribution in [1.82, 2.24) is 10.2 Å². The second-order valence-corrected chi connectivity index (χ2v) is 5.89. The van der Waals surface area contributed by atoms with Crippen molar-refractivity contribution in [3.63, 3.8) is 0 Å². The second kappa shape index (κ2) is 6.25. The van der Waals surface area contributed by atoms with Crippen LogP contribution in [0.4, 0.5) is 18.3 Å². The molecule has 0 aliphatic rings. The van der Waals surface area contributed by atoms with Gasteiger partial charge in [0.05, 0.1) is 5.02 Å². The Balaban J connectivity index is 1.77. The van der Waals surface area contributed by atoms with Crippen LogP contribution in [0.3, 0.4) is 0 Å². The number of carbonyl (C=O) groups excluding carboxylic acids is 1. The third kappa shape index (κ3) is 3.41. The van der Waals surface area contributed by atoms with Crippen molar-refractivity contribution in [2.45, 2.75) is 6.18 Å². The van der Waals surface area contributed by atoms with Crippen LogP contribution in [0.15, 0.2) is 40.8 Å². The number of halogens is 4. The summed E-state index contributed by atoms with van der Waals surface area (Å²) in [5.74, 6) is -0.467. The van der Waals surface area contributed by atoms with Gasteiger partial charge in [0.25, 0.3) is 5.91 Å². The number of carbonyl (C=O) groups is 1. The molecule has 124 valence electrons. The maximum Gasteiger partial charge on any atom is 0.445 e. The molecule has 0 aliphatic carbocycles. The van der Waals surface area contributed by atoms with Gasteiger partial charge in [0, 0.05) is 5.56 Å². The maximum atomic E-state index is 12.5. The van der Waals surface area contributed by atoms with Crippen molar-refractivity contribution in [2.75, 3.05) is 5.32 Å². The molecule has 3 aromatic rings. The van der Waals surface area contributed by atoms with Crippen molar-refractivity contribution in [1.29, 1.82) is 0 Å². The zero-order valence-corrected chi connectivity index (χ0v) is 13.2. The Morgan fingerprint density at radius 1 is 1.17 bits per heavy atom. The normalized spacial score (nSPS) is 11.5. The van der Waals surface area contributed by atoms with Crippen molar-refractivity contribution in [2.24, 2.45) is 0 Å². The lowest BCUT2D eigenvalue weighted by molar-refractivity contribution is -0.138. The van der Waals surface area contributed by atoms with Crippen LogP contribution in [0.1, 0.15) is 15.6 Å². The van der Waals surface area contributed by atoms with Crippen LogP contribution in [-0.2, 0) is 6.18 Å². The highest BCUT2D eigenvalue weighted by Gasteiger charge is 2.35. The van der Waals surface area contributed by atoms with Gasteiger partial charge in [0.1, 0.15) is 5.76 Å². The third-order valence-corrected chi connectivity index (χ3v) is 4.07. The Morgan fingerprint density at radius 3 is 2.58 bits per heavy atom. The first kappa shape index (κ1) is 16.5. The summed E-state index contributed by atoms with van der Waals surface area (Å²) >= 11 is 6.27. The molecule has 5 nitrogen and oxygen atoms in total. The average molecular weight is 374 g/mol. The minimum atomic E-state index is -4.61. The van der Waals surface area contributed by atoms with Gasteiger partial charge in [-0.1, -0.05) is 35.1 Å². The van der Waals surface area contributed by atoms with Crippen LogP contribution in [0.2, 0.25) is 5.02 Å². The van der Waals surface area contributed by atoms with E-state index >= 15 is 0 Å². The molecule has 0 spiro atoms. The van der Waals surface area contributed by atoms with Crippen LogP contribution in [0.5, 0.6) is 0 Å². The summed E-state index contributed by atoms with van der Waals surface area (Å²) in [5.41, 5.74) is 0.591. The molecular formula is C14H7ClF3N3O2S. The van der Waals surface area contributed by atoms with E-state index in [1.807, 2.05) is 0 Å². The number of alkyl halides is 3. The summed E-state index contributed by atoms with van der Waals surface area (Å²) in [6, 6.07) is 9.80. The number of anilines is 1. The van der Waals surface area contributed by atoms with Gasteiger partial charge in [0.2, 0.25) is 10.1 Å². The fourth-order valence-corrected chi connectivity index (χ4v) is 2.65. The molecule has 0 saturated heterocycles. The maximum absolute atomic E-state index is 12.5. The Morgan fingerprint density at radius 2 is 1.92 bits per heavy atom. The number of benzene rings is 1. The Hall–Kier alpha value is -2.39. The first-order valence-electron chi connectivity index (χ1n) is 6.41. The monoisotopic (exact) mass is 373 g/mol. The van der Waals surface area contributed by atoms with Gasteiger partial charge in [-0.05, 0) is 24.3 Å². The van der Waals surface area contributed by atoms with Crippen molar-refractivity contribution >= 4 is 34.0 Å². The minimum Gasteiger partial charge on any atom is -0.451 e. The largest absolute Gasteiger partial charge is 0.451 e. The molecule has 0 atom stereocenters. The summed E-state index contributed by atoms with van der Waals surface area (Å²) in [6.45, 7) is 0. The van der Waals surface area contributed by atoms with E-state index in [0.29, 0.717) is 16.3 Å². The fraction of sp³-hybridized carbons (Fsp3) is 0.0714. The quantitative estimate of drug-likeness (QED) is 0.721. The van der Waals surface area contributed by atoms with E-state index in [1.54, 1.807) is 24.3 Å². The summed E-state index contributed by atoms with van der Waals surface area (Å²) < 4.78 is 42.8. The van der Waals surface area contributed by atoms with E-state index in [4.69, 9.17) is 16.0 Å². The zero-order valence-electron chi connectivity index (χ0n) is 11.6. The van der Waals surface area contributed by atoms with Crippen LogP contribution < -0.4 is 5.32 Å². The number of aromatic nitrogens is 2. The molecule has 3 rings (SSSR count).